The van der Waals surface area contributed by atoms with Crippen LogP contribution in [-0.4, -0.2) is 4.98 Å². The van der Waals surface area contributed by atoms with Crippen LogP contribution >= 0.6 is 0 Å². The number of aromatic nitrogens is 1. The summed E-state index contributed by atoms with van der Waals surface area (Å²) in [6, 6.07) is 46.5. The molecule has 0 saturated carbocycles. The highest BCUT2D eigenvalue weighted by Gasteiger charge is 2.19. The number of aryl methyl sites for hydroxylation is 1. The number of fused-ring (bicyclic) bond motifs is 3. The molecule has 0 spiro atoms. The third-order valence-electron chi connectivity index (χ3n) is 8.59. The van der Waals surface area contributed by atoms with Crippen molar-refractivity contribution >= 4 is 38.0 Å². The molecule has 6 aromatic carbocycles. The van der Waals surface area contributed by atoms with E-state index in [4.69, 9.17) is 0 Å². The topological polar surface area (TPSA) is 24.9 Å². The van der Waals surface area contributed by atoms with E-state index in [0.717, 1.165) is 17.0 Å². The summed E-state index contributed by atoms with van der Waals surface area (Å²) in [6.07, 6.45) is 8.40. The molecule has 8 rings (SSSR count). The molecule has 1 N–H and O–H groups in total. The van der Waals surface area contributed by atoms with E-state index in [0.29, 0.717) is 0 Å². The molecule has 1 aliphatic heterocycles. The normalized spacial score (nSPS) is 14.6. The number of hydrogen-bond donors (Lipinski definition) is 1. The predicted molar refractivity (Wildman–Crippen MR) is 182 cm³/mol. The van der Waals surface area contributed by atoms with Crippen LogP contribution in [0.15, 0.2) is 152 Å². The molecule has 0 bridgehead atoms. The van der Waals surface area contributed by atoms with Gasteiger partial charge in [-0.05, 0) is 97.4 Å². The van der Waals surface area contributed by atoms with Crippen molar-refractivity contribution in [1.82, 2.24) is 10.3 Å². The molecule has 1 atom stereocenters. The van der Waals surface area contributed by atoms with Gasteiger partial charge in [-0.25, -0.2) is 0 Å². The fourth-order valence-electron chi connectivity index (χ4n) is 6.60. The van der Waals surface area contributed by atoms with Gasteiger partial charge in [-0.1, -0.05) is 115 Å². The second-order valence-electron chi connectivity index (χ2n) is 11.3. The number of nitrogens with one attached hydrogen (secondary N) is 1. The fraction of sp³-hybridized carbons (Fsp3) is 0.0488. The maximum Gasteiger partial charge on any atom is 0.0701 e. The number of nitrogens with zero attached hydrogens (tertiary/aromatic N) is 1. The highest BCUT2D eigenvalue weighted by Crippen LogP contribution is 2.44. The van der Waals surface area contributed by atoms with Gasteiger partial charge < -0.3 is 5.32 Å². The number of pyridine rings is 1. The van der Waals surface area contributed by atoms with Crippen molar-refractivity contribution in [3.63, 3.8) is 0 Å². The lowest BCUT2D eigenvalue weighted by Crippen LogP contribution is -2.20. The first-order chi connectivity index (χ1) is 21.2. The molecular formula is C41H30N2. The summed E-state index contributed by atoms with van der Waals surface area (Å²) in [4.78, 5) is 4.37. The van der Waals surface area contributed by atoms with Gasteiger partial charge in [0.05, 0.1) is 6.04 Å². The summed E-state index contributed by atoms with van der Waals surface area (Å²) in [5.41, 5.74) is 9.54. The van der Waals surface area contributed by atoms with Crippen LogP contribution in [0.4, 0.5) is 0 Å². The SMILES string of the molecule is Cc1cc(C2=CC=CC(c3cccc(-c4c5ccccc5c(-c5ccc6ccccc6c5)c5ccccc45)c3)N2)ccn1. The maximum absolute atomic E-state index is 4.37. The maximum atomic E-state index is 4.37. The average molecular weight is 551 g/mol. The van der Waals surface area contributed by atoms with Crippen molar-refractivity contribution in [2.75, 3.05) is 0 Å². The Kier molecular flexibility index (Phi) is 6.12. The third kappa shape index (κ3) is 4.49. The van der Waals surface area contributed by atoms with Crippen molar-refractivity contribution in [2.24, 2.45) is 0 Å². The zero-order valence-electron chi connectivity index (χ0n) is 24.0. The van der Waals surface area contributed by atoms with Crippen LogP contribution in [0.25, 0.3) is 60.3 Å². The zero-order valence-corrected chi connectivity index (χ0v) is 24.0. The summed E-state index contributed by atoms with van der Waals surface area (Å²) in [7, 11) is 0. The van der Waals surface area contributed by atoms with Crippen molar-refractivity contribution < 1.29 is 0 Å². The van der Waals surface area contributed by atoms with Crippen LogP contribution in [0.3, 0.4) is 0 Å². The first-order valence-corrected chi connectivity index (χ1v) is 14.8. The van der Waals surface area contributed by atoms with E-state index in [-0.39, 0.29) is 6.04 Å². The van der Waals surface area contributed by atoms with Gasteiger partial charge in [0.1, 0.15) is 0 Å². The minimum Gasteiger partial charge on any atom is -0.374 e. The molecule has 0 aliphatic carbocycles. The van der Waals surface area contributed by atoms with Crippen LogP contribution in [0.5, 0.6) is 0 Å². The average Bonchev–Trinajstić information content (AvgIpc) is 3.07. The Hall–Kier alpha value is -5.47. The van der Waals surface area contributed by atoms with E-state index in [1.165, 1.54) is 60.1 Å². The Bertz CT molecular complexity index is 2180. The predicted octanol–water partition coefficient (Wildman–Crippen LogP) is 10.4. The molecule has 2 nitrogen and oxygen atoms in total. The Morgan fingerprint density at radius 1 is 0.558 bits per heavy atom. The van der Waals surface area contributed by atoms with Gasteiger partial charge in [-0.15, -0.1) is 0 Å². The molecule has 1 unspecified atom stereocenters. The number of benzene rings is 6. The summed E-state index contributed by atoms with van der Waals surface area (Å²) in [6.45, 7) is 2.03. The molecule has 7 aromatic rings. The smallest absolute Gasteiger partial charge is 0.0701 e. The third-order valence-corrected chi connectivity index (χ3v) is 8.59. The van der Waals surface area contributed by atoms with Gasteiger partial charge in [0.15, 0.2) is 0 Å². The van der Waals surface area contributed by atoms with Crippen LogP contribution in [0, 0.1) is 6.92 Å². The first kappa shape index (κ1) is 25.3. The van der Waals surface area contributed by atoms with E-state index in [9.17, 15) is 0 Å². The molecule has 43 heavy (non-hydrogen) atoms. The van der Waals surface area contributed by atoms with Crippen molar-refractivity contribution in [2.45, 2.75) is 13.0 Å². The number of rotatable bonds is 4. The standard InChI is InChI=1S/C41H30N2/c1-27-24-31(22-23-42-27)39-19-9-18-38(43-39)30-12-8-13-32(26-30)40-34-14-4-6-16-36(34)41(37-17-7-5-15-35(37)40)33-21-20-28-10-2-3-11-29(28)25-33/h2-26,38,43H,1H3. The van der Waals surface area contributed by atoms with Crippen molar-refractivity contribution in [3.8, 4) is 22.3 Å². The number of allylic oxidation sites excluding steroid dienone is 2. The second-order valence-corrected chi connectivity index (χ2v) is 11.3. The molecule has 0 amide bonds. The number of hydrogen-bond acceptors (Lipinski definition) is 2. The fourth-order valence-corrected chi connectivity index (χ4v) is 6.60. The van der Waals surface area contributed by atoms with E-state index < -0.39 is 0 Å². The molecule has 2 heterocycles. The Morgan fingerprint density at radius 3 is 1.91 bits per heavy atom. The van der Waals surface area contributed by atoms with Gasteiger partial charge in [0.2, 0.25) is 0 Å². The molecule has 1 aliphatic rings. The van der Waals surface area contributed by atoms with Crippen LogP contribution < -0.4 is 5.32 Å². The molecule has 1 aromatic heterocycles. The minimum absolute atomic E-state index is 0.0721. The molecule has 0 saturated heterocycles. The van der Waals surface area contributed by atoms with E-state index in [2.05, 4.69) is 156 Å². The summed E-state index contributed by atoms with van der Waals surface area (Å²) in [5, 5.41) is 11.3. The Morgan fingerprint density at radius 2 is 1.21 bits per heavy atom. The Labute approximate surface area is 251 Å². The van der Waals surface area contributed by atoms with Crippen molar-refractivity contribution in [3.05, 3.63) is 169 Å². The van der Waals surface area contributed by atoms with Gasteiger partial charge in [0.25, 0.3) is 0 Å². The van der Waals surface area contributed by atoms with Crippen molar-refractivity contribution in [1.29, 1.82) is 0 Å². The minimum atomic E-state index is 0.0721. The lowest BCUT2D eigenvalue weighted by Gasteiger charge is -2.24. The molecular weight excluding hydrogens is 520 g/mol. The summed E-state index contributed by atoms with van der Waals surface area (Å²) in [5.74, 6) is 0. The molecule has 0 fully saturated rings. The Balaban J connectivity index is 1.28. The molecule has 2 heteroatoms. The summed E-state index contributed by atoms with van der Waals surface area (Å²) < 4.78 is 0. The zero-order chi connectivity index (χ0) is 28.8. The first-order valence-electron chi connectivity index (χ1n) is 14.8. The monoisotopic (exact) mass is 550 g/mol. The van der Waals surface area contributed by atoms with E-state index in [1.54, 1.807) is 0 Å². The van der Waals surface area contributed by atoms with Crippen LogP contribution in [-0.2, 0) is 0 Å². The molecule has 204 valence electrons. The van der Waals surface area contributed by atoms with Gasteiger partial charge in [-0.2, -0.15) is 0 Å². The summed E-state index contributed by atoms with van der Waals surface area (Å²) >= 11 is 0. The highest BCUT2D eigenvalue weighted by molar-refractivity contribution is 6.21. The van der Waals surface area contributed by atoms with Gasteiger partial charge in [-0.3, -0.25) is 4.98 Å². The lowest BCUT2D eigenvalue weighted by molar-refractivity contribution is 0.764. The second kappa shape index (κ2) is 10.4. The van der Waals surface area contributed by atoms with Crippen LogP contribution in [0.1, 0.15) is 22.9 Å². The largest absolute Gasteiger partial charge is 0.374 e. The van der Waals surface area contributed by atoms with Crippen LogP contribution in [0.2, 0.25) is 0 Å². The van der Waals surface area contributed by atoms with Gasteiger partial charge in [0, 0.05) is 23.2 Å². The van der Waals surface area contributed by atoms with Gasteiger partial charge >= 0.3 is 0 Å². The van der Waals surface area contributed by atoms with E-state index in [1.807, 2.05) is 13.1 Å². The quantitative estimate of drug-likeness (QED) is 0.221. The number of dihydropyridines is 1. The molecule has 0 radical (unpaired) electrons. The lowest BCUT2D eigenvalue weighted by atomic mass is 9.85. The highest BCUT2D eigenvalue weighted by atomic mass is 14.9. The van der Waals surface area contributed by atoms with E-state index >= 15 is 0 Å².